The first-order chi connectivity index (χ1) is 15.4. The number of hydrogen-bond acceptors (Lipinski definition) is 7. The predicted octanol–water partition coefficient (Wildman–Crippen LogP) is 4.35. The highest BCUT2D eigenvalue weighted by Gasteiger charge is 2.27. The molecule has 0 bridgehead atoms. The van der Waals surface area contributed by atoms with Crippen LogP contribution in [0.15, 0.2) is 53.9 Å². The number of rotatable bonds is 10. The number of ether oxygens (including phenoxy) is 3. The molecular formula is C22H21FN2O6S. The Kier molecular flexibility index (Phi) is 7.74. The molecule has 0 spiro atoms. The Bertz CT molecular complexity index is 1070. The maximum atomic E-state index is 13.4. The quantitative estimate of drug-likeness (QED) is 0.274. The summed E-state index contributed by atoms with van der Waals surface area (Å²) in [5.41, 5.74) is 0.0192. The second kappa shape index (κ2) is 10.7. The number of amides is 1. The Hall–Kier alpha value is -3.50. The number of thiophene rings is 1. The summed E-state index contributed by atoms with van der Waals surface area (Å²) < 4.78 is 29.1. The Balaban J connectivity index is 1.97. The molecule has 32 heavy (non-hydrogen) atoms. The third kappa shape index (κ3) is 5.40. The molecule has 0 aliphatic heterocycles. The van der Waals surface area contributed by atoms with Crippen LogP contribution in [0, 0.1) is 15.9 Å². The normalized spacial score (nSPS) is 11.6. The molecule has 3 rings (SSSR count). The van der Waals surface area contributed by atoms with Gasteiger partial charge in [-0.2, -0.15) is 0 Å². The number of benzene rings is 2. The second-order valence-corrected chi connectivity index (χ2v) is 7.57. The Morgan fingerprint density at radius 2 is 1.91 bits per heavy atom. The van der Waals surface area contributed by atoms with Gasteiger partial charge in [-0.15, -0.1) is 11.3 Å². The smallest absolute Gasteiger partial charge is 0.286 e. The first kappa shape index (κ1) is 23.2. The maximum absolute atomic E-state index is 13.4. The van der Waals surface area contributed by atoms with Gasteiger partial charge in [0.2, 0.25) is 0 Å². The highest BCUT2D eigenvalue weighted by atomic mass is 32.1. The second-order valence-electron chi connectivity index (χ2n) is 6.59. The van der Waals surface area contributed by atoms with Crippen molar-refractivity contribution in [3.63, 3.8) is 0 Å². The molecule has 0 saturated heterocycles. The van der Waals surface area contributed by atoms with Gasteiger partial charge in [-0.3, -0.25) is 14.9 Å². The van der Waals surface area contributed by atoms with Crippen molar-refractivity contribution in [3.05, 3.63) is 85.8 Å². The number of nitro benzene ring substituents is 1. The predicted molar refractivity (Wildman–Crippen MR) is 117 cm³/mol. The van der Waals surface area contributed by atoms with Crippen molar-refractivity contribution >= 4 is 22.9 Å². The van der Waals surface area contributed by atoms with E-state index < -0.39 is 28.4 Å². The van der Waals surface area contributed by atoms with E-state index >= 15 is 0 Å². The van der Waals surface area contributed by atoms with E-state index in [1.165, 1.54) is 43.8 Å². The average molecular weight is 460 g/mol. The summed E-state index contributed by atoms with van der Waals surface area (Å²) in [5.74, 6) is -0.789. The van der Waals surface area contributed by atoms with Crippen LogP contribution in [0.1, 0.15) is 26.8 Å². The Labute approximate surface area is 187 Å². The van der Waals surface area contributed by atoms with Crippen LogP contribution in [0.25, 0.3) is 0 Å². The molecule has 1 amide bonds. The van der Waals surface area contributed by atoms with Crippen LogP contribution in [-0.2, 0) is 4.74 Å². The van der Waals surface area contributed by atoms with Gasteiger partial charge in [-0.25, -0.2) is 4.39 Å². The average Bonchev–Trinajstić information content (AvgIpc) is 3.32. The number of nitrogens with one attached hydrogen (secondary N) is 1. The van der Waals surface area contributed by atoms with Gasteiger partial charge in [-0.1, -0.05) is 18.2 Å². The van der Waals surface area contributed by atoms with Gasteiger partial charge in [-0.05, 0) is 29.1 Å². The van der Waals surface area contributed by atoms with Gasteiger partial charge >= 0.3 is 0 Å². The molecule has 2 aromatic carbocycles. The molecule has 8 nitrogen and oxygen atoms in total. The molecule has 0 radical (unpaired) electrons. The first-order valence-corrected chi connectivity index (χ1v) is 10.4. The zero-order valence-electron chi connectivity index (χ0n) is 17.4. The summed E-state index contributed by atoms with van der Waals surface area (Å²) in [6.07, 6.45) is 0. The van der Waals surface area contributed by atoms with E-state index in [4.69, 9.17) is 14.2 Å². The molecule has 1 aromatic heterocycles. The lowest BCUT2D eigenvalue weighted by atomic mass is 10.0. The minimum Gasteiger partial charge on any atom is -0.493 e. The van der Waals surface area contributed by atoms with Crippen LogP contribution >= 0.6 is 11.3 Å². The van der Waals surface area contributed by atoms with Crippen molar-refractivity contribution in [1.82, 2.24) is 5.32 Å². The number of nitro groups is 1. The van der Waals surface area contributed by atoms with Crippen LogP contribution in [0.4, 0.5) is 10.1 Å². The molecule has 1 heterocycles. The summed E-state index contributed by atoms with van der Waals surface area (Å²) in [5, 5.41) is 16.4. The lowest BCUT2D eigenvalue weighted by Gasteiger charge is -2.19. The van der Waals surface area contributed by atoms with Gasteiger partial charge in [0.05, 0.1) is 30.7 Å². The van der Waals surface area contributed by atoms with Gasteiger partial charge in [0.25, 0.3) is 11.6 Å². The lowest BCUT2D eigenvalue weighted by molar-refractivity contribution is -0.385. The number of nitrogens with zero attached hydrogens (tertiary/aromatic N) is 1. The first-order valence-electron chi connectivity index (χ1n) is 9.52. The van der Waals surface area contributed by atoms with E-state index in [2.05, 4.69) is 5.32 Å². The Morgan fingerprint density at radius 1 is 1.16 bits per heavy atom. The fourth-order valence-electron chi connectivity index (χ4n) is 3.03. The zero-order chi connectivity index (χ0) is 23.1. The van der Waals surface area contributed by atoms with Crippen LogP contribution in [-0.4, -0.2) is 38.3 Å². The van der Waals surface area contributed by atoms with Crippen LogP contribution in [0.2, 0.25) is 0 Å². The van der Waals surface area contributed by atoms with Crippen molar-refractivity contribution in [3.8, 4) is 11.5 Å². The van der Waals surface area contributed by atoms with Crippen molar-refractivity contribution in [2.24, 2.45) is 0 Å². The molecule has 168 valence electrons. The van der Waals surface area contributed by atoms with Gasteiger partial charge in [0, 0.05) is 18.1 Å². The van der Waals surface area contributed by atoms with E-state index in [1.54, 1.807) is 12.1 Å². The third-order valence-corrected chi connectivity index (χ3v) is 5.51. The Morgan fingerprint density at radius 3 is 2.50 bits per heavy atom. The van der Waals surface area contributed by atoms with Gasteiger partial charge < -0.3 is 19.5 Å². The van der Waals surface area contributed by atoms with E-state index in [9.17, 15) is 19.3 Å². The van der Waals surface area contributed by atoms with E-state index in [1.807, 2.05) is 17.5 Å². The topological polar surface area (TPSA) is 99.9 Å². The SMILES string of the molecule is COCCOc1cc([N+](=O)[O-])c(C(=O)NC(c2ccc(F)cc2)c2cccs2)cc1OC. The minimum absolute atomic E-state index is 0.126. The number of methoxy groups -OCH3 is 2. The lowest BCUT2D eigenvalue weighted by Crippen LogP contribution is -2.29. The zero-order valence-corrected chi connectivity index (χ0v) is 18.2. The summed E-state index contributed by atoms with van der Waals surface area (Å²) >= 11 is 1.40. The van der Waals surface area contributed by atoms with E-state index in [-0.39, 0.29) is 30.3 Å². The molecule has 1 atom stereocenters. The molecule has 0 aliphatic rings. The minimum atomic E-state index is -0.679. The van der Waals surface area contributed by atoms with Gasteiger partial charge in [0.1, 0.15) is 18.0 Å². The molecule has 10 heteroatoms. The van der Waals surface area contributed by atoms with Crippen LogP contribution in [0.3, 0.4) is 0 Å². The maximum Gasteiger partial charge on any atom is 0.286 e. The van der Waals surface area contributed by atoms with E-state index in [0.29, 0.717) is 5.56 Å². The van der Waals surface area contributed by atoms with Crippen molar-refractivity contribution in [2.75, 3.05) is 27.4 Å². The standard InChI is InChI=1S/C22H21FN2O6S/c1-29-9-10-31-19-13-17(25(27)28)16(12-18(19)30-2)22(26)24-21(20-4-3-11-32-20)14-5-7-15(23)8-6-14/h3-8,11-13,21H,9-10H2,1-2H3,(H,24,26). The fraction of sp³-hybridized carbons (Fsp3) is 0.227. The number of carbonyl (C=O) groups excluding carboxylic acids is 1. The summed E-state index contributed by atoms with van der Waals surface area (Å²) in [6, 6.07) is 11.1. The molecular weight excluding hydrogens is 439 g/mol. The molecule has 1 unspecified atom stereocenters. The van der Waals surface area contributed by atoms with Crippen molar-refractivity contribution in [2.45, 2.75) is 6.04 Å². The van der Waals surface area contributed by atoms with Crippen LogP contribution in [0.5, 0.6) is 11.5 Å². The summed E-state index contributed by atoms with van der Waals surface area (Å²) in [7, 11) is 2.88. The van der Waals surface area contributed by atoms with Crippen LogP contribution < -0.4 is 14.8 Å². The highest BCUT2D eigenvalue weighted by molar-refractivity contribution is 7.10. The fourth-order valence-corrected chi connectivity index (χ4v) is 3.83. The summed E-state index contributed by atoms with van der Waals surface area (Å²) in [6.45, 7) is 0.430. The van der Waals surface area contributed by atoms with Gasteiger partial charge in [0.15, 0.2) is 11.5 Å². The molecule has 0 fully saturated rings. The number of carbonyl (C=O) groups is 1. The van der Waals surface area contributed by atoms with E-state index in [0.717, 1.165) is 10.9 Å². The van der Waals surface area contributed by atoms with Crippen molar-refractivity contribution < 1.29 is 28.3 Å². The largest absolute Gasteiger partial charge is 0.493 e. The summed E-state index contributed by atoms with van der Waals surface area (Å²) in [4.78, 5) is 25.0. The monoisotopic (exact) mass is 460 g/mol. The number of hydrogen-bond donors (Lipinski definition) is 1. The molecule has 0 saturated carbocycles. The highest BCUT2D eigenvalue weighted by Crippen LogP contribution is 2.35. The third-order valence-electron chi connectivity index (χ3n) is 4.57. The molecule has 1 N–H and O–H groups in total. The van der Waals surface area contributed by atoms with Crippen molar-refractivity contribution in [1.29, 1.82) is 0 Å². The molecule has 0 aliphatic carbocycles. The number of halogens is 1. The molecule has 3 aromatic rings.